The van der Waals surface area contributed by atoms with Crippen LogP contribution in [0.4, 0.5) is 11.6 Å². The van der Waals surface area contributed by atoms with E-state index in [0.29, 0.717) is 40.5 Å². The lowest BCUT2D eigenvalue weighted by molar-refractivity contribution is 0.341. The molecule has 2 aromatic heterocycles. The first-order chi connectivity index (χ1) is 13.3. The van der Waals surface area contributed by atoms with Gasteiger partial charge in [0.2, 0.25) is 0 Å². The Morgan fingerprint density at radius 2 is 2.11 bits per heavy atom. The Kier molecular flexibility index (Phi) is 6.31. The highest BCUT2D eigenvalue weighted by Crippen LogP contribution is 2.29. The second kappa shape index (κ2) is 8.54. The standard InChI is InChI=1S/C18H22BrN5O3S/c1-10(2)24-18(25)14-9-12(27-7-8-28(4)26)5-6-13(14)16(23-24)20-17-15(19)11(3)21-22-17/h5-6,9-10H,7-8H2,1-4H3,(H2,20,21,22,23). The molecule has 0 amide bonds. The van der Waals surface area contributed by atoms with Crippen molar-refractivity contribution in [1.82, 2.24) is 20.0 Å². The number of fused-ring (bicyclic) bond motifs is 1. The van der Waals surface area contributed by atoms with Gasteiger partial charge in [-0.15, -0.1) is 0 Å². The van der Waals surface area contributed by atoms with E-state index in [2.05, 4.69) is 36.5 Å². The fourth-order valence-corrected chi connectivity index (χ4v) is 3.25. The zero-order valence-corrected chi connectivity index (χ0v) is 18.5. The van der Waals surface area contributed by atoms with E-state index in [1.807, 2.05) is 20.8 Å². The average molecular weight is 468 g/mol. The fourth-order valence-electron chi connectivity index (χ4n) is 2.66. The Hall–Kier alpha value is -2.04. The second-order valence-electron chi connectivity index (χ2n) is 6.66. The van der Waals surface area contributed by atoms with Crippen LogP contribution in [0.5, 0.6) is 5.75 Å². The second-order valence-corrected chi connectivity index (χ2v) is 9.01. The topological polar surface area (TPSA) is 108 Å². The van der Waals surface area contributed by atoms with Gasteiger partial charge in [0, 0.05) is 11.1 Å². The van der Waals surface area contributed by atoms with Crippen molar-refractivity contribution >= 4 is 49.5 Å². The van der Waals surface area contributed by atoms with Gasteiger partial charge in [-0.25, -0.2) is 4.68 Å². The molecular weight excluding hydrogens is 446 g/mol. The minimum Gasteiger partial charge on any atom is -0.616 e. The van der Waals surface area contributed by atoms with Crippen LogP contribution in [0.15, 0.2) is 27.5 Å². The summed E-state index contributed by atoms with van der Waals surface area (Å²) in [5.41, 5.74) is 0.685. The van der Waals surface area contributed by atoms with Crippen molar-refractivity contribution in [2.45, 2.75) is 26.8 Å². The van der Waals surface area contributed by atoms with Gasteiger partial charge in [0.05, 0.1) is 22.2 Å². The molecule has 3 aromatic rings. The van der Waals surface area contributed by atoms with Gasteiger partial charge < -0.3 is 14.6 Å². The van der Waals surface area contributed by atoms with Crippen LogP contribution in [-0.4, -0.2) is 43.1 Å². The zero-order valence-electron chi connectivity index (χ0n) is 16.1. The molecule has 2 N–H and O–H groups in total. The maximum absolute atomic E-state index is 12.9. The predicted octanol–water partition coefficient (Wildman–Crippen LogP) is 3.27. The number of nitrogens with one attached hydrogen (secondary N) is 2. The van der Waals surface area contributed by atoms with E-state index >= 15 is 0 Å². The molecule has 1 unspecified atom stereocenters. The van der Waals surface area contributed by atoms with Crippen molar-refractivity contribution in [2.75, 3.05) is 23.9 Å². The molecule has 2 heterocycles. The molecule has 0 aliphatic rings. The van der Waals surface area contributed by atoms with Crippen LogP contribution in [0.25, 0.3) is 10.8 Å². The number of aromatic nitrogens is 4. The van der Waals surface area contributed by atoms with E-state index in [0.717, 1.165) is 10.2 Å². The number of rotatable bonds is 7. The van der Waals surface area contributed by atoms with Crippen molar-refractivity contribution in [3.8, 4) is 5.75 Å². The molecule has 150 valence electrons. The van der Waals surface area contributed by atoms with Crippen LogP contribution in [0.3, 0.4) is 0 Å². The van der Waals surface area contributed by atoms with Gasteiger partial charge in [-0.05, 0) is 54.9 Å². The number of aryl methyl sites for hydroxylation is 1. The molecule has 3 rings (SSSR count). The lowest BCUT2D eigenvalue weighted by Crippen LogP contribution is -2.26. The normalized spacial score (nSPS) is 12.5. The van der Waals surface area contributed by atoms with Crippen molar-refractivity contribution < 1.29 is 9.29 Å². The highest BCUT2D eigenvalue weighted by atomic mass is 79.9. The molecule has 1 aromatic carbocycles. The van der Waals surface area contributed by atoms with Gasteiger partial charge in [0.15, 0.2) is 11.6 Å². The Bertz CT molecular complexity index is 1050. The number of anilines is 2. The van der Waals surface area contributed by atoms with Gasteiger partial charge in [-0.3, -0.25) is 9.89 Å². The van der Waals surface area contributed by atoms with Gasteiger partial charge in [0.25, 0.3) is 5.56 Å². The number of hydrogen-bond donors (Lipinski definition) is 2. The average Bonchev–Trinajstić information content (AvgIpc) is 2.95. The van der Waals surface area contributed by atoms with Crippen molar-refractivity contribution in [1.29, 1.82) is 0 Å². The molecule has 10 heteroatoms. The summed E-state index contributed by atoms with van der Waals surface area (Å²) in [5.74, 6) is 2.10. The molecule has 8 nitrogen and oxygen atoms in total. The lowest BCUT2D eigenvalue weighted by atomic mass is 10.1. The quantitative estimate of drug-likeness (QED) is 0.516. The third-order valence-electron chi connectivity index (χ3n) is 4.13. The van der Waals surface area contributed by atoms with Gasteiger partial charge >= 0.3 is 0 Å². The van der Waals surface area contributed by atoms with E-state index < -0.39 is 11.2 Å². The molecule has 0 saturated carbocycles. The van der Waals surface area contributed by atoms with Crippen molar-refractivity contribution in [2.24, 2.45) is 0 Å². The van der Waals surface area contributed by atoms with Gasteiger partial charge in [-0.2, -0.15) is 10.2 Å². The van der Waals surface area contributed by atoms with E-state index in [1.165, 1.54) is 4.68 Å². The summed E-state index contributed by atoms with van der Waals surface area (Å²) in [5, 5.41) is 16.0. The highest BCUT2D eigenvalue weighted by molar-refractivity contribution is 9.10. The van der Waals surface area contributed by atoms with Crippen LogP contribution in [0, 0.1) is 6.92 Å². The van der Waals surface area contributed by atoms with Gasteiger partial charge in [-0.1, -0.05) is 11.2 Å². The summed E-state index contributed by atoms with van der Waals surface area (Å²) < 4.78 is 19.1. The van der Waals surface area contributed by atoms with Gasteiger partial charge in [0.1, 0.15) is 18.1 Å². The molecule has 1 atom stereocenters. The molecule has 0 aliphatic carbocycles. The summed E-state index contributed by atoms with van der Waals surface area (Å²) >= 11 is 2.56. The molecular formula is C18H22BrN5O3S. The Labute approximate surface area is 174 Å². The lowest BCUT2D eigenvalue weighted by Gasteiger charge is -2.15. The first kappa shape index (κ1) is 20.7. The molecule has 28 heavy (non-hydrogen) atoms. The SMILES string of the molecule is Cc1[nH]nc(Nc2nn(C(C)C)c(=O)c3cc(OCC[S+](C)[O-])ccc23)c1Br. The largest absolute Gasteiger partial charge is 0.616 e. The number of aromatic amines is 1. The molecule has 0 saturated heterocycles. The van der Waals surface area contributed by atoms with Crippen LogP contribution < -0.4 is 15.6 Å². The number of hydrogen-bond acceptors (Lipinski definition) is 6. The molecule has 0 aliphatic heterocycles. The highest BCUT2D eigenvalue weighted by Gasteiger charge is 2.16. The smallest absolute Gasteiger partial charge is 0.275 e. The van der Waals surface area contributed by atoms with E-state index in [4.69, 9.17) is 4.74 Å². The van der Waals surface area contributed by atoms with E-state index in [9.17, 15) is 9.35 Å². The summed E-state index contributed by atoms with van der Waals surface area (Å²) in [6.45, 7) is 6.02. The monoisotopic (exact) mass is 467 g/mol. The van der Waals surface area contributed by atoms with Crippen LogP contribution in [-0.2, 0) is 11.2 Å². The van der Waals surface area contributed by atoms with E-state index in [-0.39, 0.29) is 11.6 Å². The zero-order chi connectivity index (χ0) is 20.4. The first-order valence-electron chi connectivity index (χ1n) is 8.74. The third-order valence-corrected chi connectivity index (χ3v) is 5.84. The third kappa shape index (κ3) is 4.34. The van der Waals surface area contributed by atoms with Crippen LogP contribution >= 0.6 is 15.9 Å². The van der Waals surface area contributed by atoms with Crippen molar-refractivity contribution in [3.05, 3.63) is 38.7 Å². The molecule has 0 spiro atoms. The minimum atomic E-state index is -0.932. The Balaban J connectivity index is 2.06. The summed E-state index contributed by atoms with van der Waals surface area (Å²) in [4.78, 5) is 12.9. The number of halogens is 1. The predicted molar refractivity (Wildman–Crippen MR) is 115 cm³/mol. The Morgan fingerprint density at radius 1 is 1.36 bits per heavy atom. The summed E-state index contributed by atoms with van der Waals surface area (Å²) in [7, 11) is 0. The fraction of sp³-hybridized carbons (Fsp3) is 0.389. The summed E-state index contributed by atoms with van der Waals surface area (Å²) in [6, 6.07) is 5.15. The van der Waals surface area contributed by atoms with Crippen molar-refractivity contribution in [3.63, 3.8) is 0 Å². The number of nitrogens with zero attached hydrogens (tertiary/aromatic N) is 3. The minimum absolute atomic E-state index is 0.117. The number of H-pyrrole nitrogens is 1. The van der Waals surface area contributed by atoms with Crippen LogP contribution in [0.2, 0.25) is 0 Å². The molecule has 0 bridgehead atoms. The maximum Gasteiger partial charge on any atom is 0.275 e. The Morgan fingerprint density at radius 3 is 2.71 bits per heavy atom. The first-order valence-corrected chi connectivity index (χ1v) is 11.3. The number of benzene rings is 1. The summed E-state index contributed by atoms with van der Waals surface area (Å²) in [6.07, 6.45) is 1.63. The number of ether oxygens (including phenoxy) is 1. The molecule has 0 radical (unpaired) electrons. The maximum atomic E-state index is 12.9. The van der Waals surface area contributed by atoms with E-state index in [1.54, 1.807) is 24.5 Å². The van der Waals surface area contributed by atoms with Crippen LogP contribution in [0.1, 0.15) is 25.6 Å². The molecule has 0 fully saturated rings.